The Morgan fingerprint density at radius 1 is 1.30 bits per heavy atom. The van der Waals surface area contributed by atoms with Crippen molar-refractivity contribution in [1.82, 2.24) is 24.4 Å². The molecule has 2 heterocycles. The Kier molecular flexibility index (Phi) is 3.83. The summed E-state index contributed by atoms with van der Waals surface area (Å²) in [7, 11) is 0. The Balaban J connectivity index is 2.12. The number of nitrogens with two attached hydrogens (primary N) is 1. The monoisotopic (exact) mass is 314 g/mol. The number of nitrogen functional groups attached to an aromatic ring is 1. The number of thioether (sulfide) groups is 1. The first kappa shape index (κ1) is 14.6. The van der Waals surface area contributed by atoms with Gasteiger partial charge < -0.3 is 5.84 Å². The molecule has 0 unspecified atom stereocenters. The van der Waals surface area contributed by atoms with E-state index in [2.05, 4.69) is 15.2 Å². The SMILES string of the molecule is Nn1c(SCc2nccn2C(F)F)nnc1C(F)(F)F. The van der Waals surface area contributed by atoms with Crippen LogP contribution < -0.4 is 5.84 Å². The van der Waals surface area contributed by atoms with Crippen molar-refractivity contribution in [2.45, 2.75) is 23.6 Å². The van der Waals surface area contributed by atoms with Crippen LogP contribution in [0.25, 0.3) is 0 Å². The third kappa shape index (κ3) is 2.84. The van der Waals surface area contributed by atoms with Crippen molar-refractivity contribution in [3.8, 4) is 0 Å². The van der Waals surface area contributed by atoms with Crippen LogP contribution in [0.5, 0.6) is 0 Å². The van der Waals surface area contributed by atoms with E-state index in [9.17, 15) is 22.0 Å². The van der Waals surface area contributed by atoms with Crippen molar-refractivity contribution >= 4 is 11.8 Å². The van der Waals surface area contributed by atoms with Gasteiger partial charge >= 0.3 is 12.7 Å². The summed E-state index contributed by atoms with van der Waals surface area (Å²) in [5.41, 5.74) is 0. The average Bonchev–Trinajstić information content (AvgIpc) is 2.91. The summed E-state index contributed by atoms with van der Waals surface area (Å²) in [5.74, 6) is 3.71. The third-order valence-corrected chi connectivity index (χ3v) is 3.15. The number of hydrogen-bond acceptors (Lipinski definition) is 5. The topological polar surface area (TPSA) is 74.6 Å². The van der Waals surface area contributed by atoms with E-state index in [0.29, 0.717) is 4.57 Å². The molecular formula is C8H7F5N6S. The molecule has 110 valence electrons. The first-order valence-corrected chi connectivity index (χ1v) is 5.99. The van der Waals surface area contributed by atoms with Crippen LogP contribution in [0.15, 0.2) is 17.6 Å². The van der Waals surface area contributed by atoms with Gasteiger partial charge in [0.25, 0.3) is 5.82 Å². The molecule has 0 bridgehead atoms. The molecule has 0 aliphatic carbocycles. The van der Waals surface area contributed by atoms with Gasteiger partial charge in [0.05, 0.1) is 5.75 Å². The van der Waals surface area contributed by atoms with E-state index in [4.69, 9.17) is 5.84 Å². The number of rotatable bonds is 4. The molecule has 0 amide bonds. The van der Waals surface area contributed by atoms with Gasteiger partial charge in [0.15, 0.2) is 0 Å². The maximum atomic E-state index is 12.5. The number of halogens is 5. The highest BCUT2D eigenvalue weighted by atomic mass is 32.2. The normalized spacial score (nSPS) is 12.3. The van der Waals surface area contributed by atoms with Crippen LogP contribution in [0.1, 0.15) is 18.2 Å². The van der Waals surface area contributed by atoms with E-state index in [1.165, 1.54) is 0 Å². The van der Waals surface area contributed by atoms with E-state index < -0.39 is 18.6 Å². The summed E-state index contributed by atoms with van der Waals surface area (Å²) in [4.78, 5) is 3.68. The Bertz CT molecular complexity index is 590. The third-order valence-electron chi connectivity index (χ3n) is 2.21. The lowest BCUT2D eigenvalue weighted by Crippen LogP contribution is -2.21. The van der Waals surface area contributed by atoms with Crippen molar-refractivity contribution in [3.05, 3.63) is 24.0 Å². The predicted octanol–water partition coefficient (Wildman–Crippen LogP) is 1.89. The summed E-state index contributed by atoms with van der Waals surface area (Å²) in [6, 6.07) is 0. The molecule has 6 nitrogen and oxygen atoms in total. The minimum Gasteiger partial charge on any atom is -0.335 e. The van der Waals surface area contributed by atoms with Crippen molar-refractivity contribution in [2.24, 2.45) is 0 Å². The number of imidazole rings is 1. The number of aromatic nitrogens is 5. The molecule has 12 heteroatoms. The second-order valence-corrected chi connectivity index (χ2v) is 4.43. The predicted molar refractivity (Wildman–Crippen MR) is 58.2 cm³/mol. The molecule has 0 saturated heterocycles. The summed E-state index contributed by atoms with van der Waals surface area (Å²) in [6.07, 6.45) is -2.51. The van der Waals surface area contributed by atoms with E-state index >= 15 is 0 Å². The molecule has 0 saturated carbocycles. The zero-order valence-electron chi connectivity index (χ0n) is 9.55. The number of nitrogens with zero attached hydrogens (tertiary/aromatic N) is 5. The first-order chi connectivity index (χ1) is 9.30. The van der Waals surface area contributed by atoms with Gasteiger partial charge in [0, 0.05) is 12.4 Å². The minimum absolute atomic E-state index is 0.0124. The summed E-state index contributed by atoms with van der Waals surface area (Å²) in [6.45, 7) is -2.78. The van der Waals surface area contributed by atoms with Gasteiger partial charge in [-0.3, -0.25) is 4.57 Å². The van der Waals surface area contributed by atoms with E-state index in [0.717, 1.165) is 24.2 Å². The number of hydrogen-bond donors (Lipinski definition) is 1. The van der Waals surface area contributed by atoms with Crippen LogP contribution in [0.2, 0.25) is 0 Å². The van der Waals surface area contributed by atoms with Crippen LogP contribution in [0.3, 0.4) is 0 Å². The minimum atomic E-state index is -4.73. The van der Waals surface area contributed by atoms with Crippen LogP contribution in [0, 0.1) is 0 Å². The summed E-state index contributed by atoms with van der Waals surface area (Å²) < 4.78 is 63.2. The van der Waals surface area contributed by atoms with E-state index in [1.54, 1.807) is 0 Å². The molecule has 0 atom stereocenters. The van der Waals surface area contributed by atoms with E-state index in [-0.39, 0.29) is 21.4 Å². The lowest BCUT2D eigenvalue weighted by Gasteiger charge is -2.07. The molecule has 2 N–H and O–H groups in total. The Labute approximate surface area is 112 Å². The zero-order chi connectivity index (χ0) is 14.9. The average molecular weight is 314 g/mol. The molecule has 0 aliphatic heterocycles. The van der Waals surface area contributed by atoms with Gasteiger partial charge in [-0.1, -0.05) is 11.8 Å². The molecule has 20 heavy (non-hydrogen) atoms. The van der Waals surface area contributed by atoms with Crippen LogP contribution in [-0.4, -0.2) is 24.4 Å². The lowest BCUT2D eigenvalue weighted by atomic mass is 10.6. The standard InChI is InChI=1S/C8H7F5N6S/c9-6(10)18-2-1-15-4(18)3-20-7-17-16-5(19(7)14)8(11,12)13/h1-2,6H,3,14H2. The first-order valence-electron chi connectivity index (χ1n) is 5.01. The molecule has 0 aromatic carbocycles. The van der Waals surface area contributed by atoms with Crippen LogP contribution in [0.4, 0.5) is 22.0 Å². The highest BCUT2D eigenvalue weighted by molar-refractivity contribution is 7.98. The van der Waals surface area contributed by atoms with Crippen molar-refractivity contribution in [2.75, 3.05) is 5.84 Å². The largest absolute Gasteiger partial charge is 0.453 e. The van der Waals surface area contributed by atoms with Gasteiger partial charge in [0.2, 0.25) is 5.16 Å². The number of alkyl halides is 5. The van der Waals surface area contributed by atoms with Gasteiger partial charge in [-0.25, -0.2) is 9.66 Å². The lowest BCUT2D eigenvalue weighted by molar-refractivity contribution is -0.146. The van der Waals surface area contributed by atoms with Crippen molar-refractivity contribution < 1.29 is 22.0 Å². The maximum Gasteiger partial charge on any atom is 0.453 e. The Morgan fingerprint density at radius 2 is 2.00 bits per heavy atom. The zero-order valence-corrected chi connectivity index (χ0v) is 10.4. The molecule has 0 fully saturated rings. The van der Waals surface area contributed by atoms with Crippen molar-refractivity contribution in [3.63, 3.8) is 0 Å². The fraction of sp³-hybridized carbons (Fsp3) is 0.375. The summed E-state index contributed by atoms with van der Waals surface area (Å²) in [5, 5.41) is 5.92. The maximum absolute atomic E-state index is 12.5. The highest BCUT2D eigenvalue weighted by Gasteiger charge is 2.38. The van der Waals surface area contributed by atoms with Gasteiger partial charge in [-0.05, 0) is 0 Å². The van der Waals surface area contributed by atoms with E-state index in [1.807, 2.05) is 0 Å². The smallest absolute Gasteiger partial charge is 0.335 e. The van der Waals surface area contributed by atoms with Gasteiger partial charge in [-0.15, -0.1) is 10.2 Å². The molecule has 2 rings (SSSR count). The molecule has 0 spiro atoms. The van der Waals surface area contributed by atoms with Crippen LogP contribution in [-0.2, 0) is 11.9 Å². The van der Waals surface area contributed by atoms with Gasteiger partial charge in [0.1, 0.15) is 5.82 Å². The van der Waals surface area contributed by atoms with Crippen molar-refractivity contribution in [1.29, 1.82) is 0 Å². The molecule has 0 radical (unpaired) electrons. The molecule has 0 aliphatic rings. The molecule has 2 aromatic rings. The second-order valence-electron chi connectivity index (χ2n) is 3.49. The Hall–Kier alpha value is -1.85. The fourth-order valence-electron chi connectivity index (χ4n) is 1.33. The molecular weight excluding hydrogens is 307 g/mol. The second kappa shape index (κ2) is 5.26. The Morgan fingerprint density at radius 3 is 2.55 bits per heavy atom. The summed E-state index contributed by atoms with van der Waals surface area (Å²) >= 11 is 0.721. The van der Waals surface area contributed by atoms with Gasteiger partial charge in [-0.2, -0.15) is 22.0 Å². The fourth-order valence-corrected chi connectivity index (χ4v) is 2.14. The quantitative estimate of drug-likeness (QED) is 0.530. The van der Waals surface area contributed by atoms with Crippen LogP contribution >= 0.6 is 11.8 Å². The molecule has 2 aromatic heterocycles. The highest BCUT2D eigenvalue weighted by Crippen LogP contribution is 2.29.